The van der Waals surface area contributed by atoms with E-state index in [0.717, 1.165) is 25.8 Å². The van der Waals surface area contributed by atoms with Crippen molar-refractivity contribution >= 4 is 0 Å². The number of hydrogen-bond donors (Lipinski definition) is 1. The Labute approximate surface area is 124 Å². The minimum absolute atomic E-state index is 0.359. The van der Waals surface area contributed by atoms with Crippen LogP contribution in [0, 0.1) is 22.7 Å². The Bertz CT molecular complexity index is 346. The molecule has 114 valence electrons. The molecule has 1 unspecified atom stereocenters. The van der Waals surface area contributed by atoms with Gasteiger partial charge in [0.25, 0.3) is 0 Å². The van der Waals surface area contributed by atoms with Gasteiger partial charge in [-0.2, -0.15) is 5.26 Å². The number of ether oxygens (including phenoxy) is 1. The van der Waals surface area contributed by atoms with Crippen LogP contribution >= 0.6 is 0 Å². The summed E-state index contributed by atoms with van der Waals surface area (Å²) in [6.07, 6.45) is 8.54. The highest BCUT2D eigenvalue weighted by Gasteiger charge is 2.46. The fourth-order valence-corrected chi connectivity index (χ4v) is 3.19. The maximum Gasteiger partial charge on any atom is 0.133 e. The molecule has 0 aromatic rings. The smallest absolute Gasteiger partial charge is 0.133 e. The fraction of sp³-hybridized carbons (Fsp3) is 0.941. The van der Waals surface area contributed by atoms with Gasteiger partial charge in [0.05, 0.1) is 18.8 Å². The van der Waals surface area contributed by atoms with Crippen molar-refractivity contribution in [2.45, 2.75) is 77.4 Å². The van der Waals surface area contributed by atoms with Crippen LogP contribution in [0.2, 0.25) is 0 Å². The molecule has 0 spiro atoms. The molecule has 20 heavy (non-hydrogen) atoms. The van der Waals surface area contributed by atoms with Gasteiger partial charge < -0.3 is 4.74 Å². The van der Waals surface area contributed by atoms with E-state index in [2.05, 4.69) is 32.2 Å². The molecule has 1 atom stereocenters. The maximum absolute atomic E-state index is 9.63. The van der Waals surface area contributed by atoms with E-state index in [-0.39, 0.29) is 0 Å². The van der Waals surface area contributed by atoms with E-state index in [1.807, 2.05) is 0 Å². The Morgan fingerprint density at radius 1 is 1.25 bits per heavy atom. The highest BCUT2D eigenvalue weighted by Crippen LogP contribution is 2.41. The predicted molar refractivity (Wildman–Crippen MR) is 81.4 cm³/mol. The van der Waals surface area contributed by atoms with E-state index in [9.17, 15) is 5.26 Å². The lowest BCUT2D eigenvalue weighted by Gasteiger charge is -2.36. The van der Waals surface area contributed by atoms with Crippen LogP contribution in [-0.4, -0.2) is 24.8 Å². The van der Waals surface area contributed by atoms with Gasteiger partial charge in [-0.1, -0.05) is 20.8 Å². The molecule has 1 N–H and O–H groups in total. The molecule has 0 amide bonds. The SMILES string of the molecule is CCCNC(C#N)(COC1CCC(C)(C)CC1)C1CC1. The quantitative estimate of drug-likeness (QED) is 0.773. The van der Waals surface area contributed by atoms with Crippen LogP contribution in [-0.2, 0) is 4.74 Å². The number of nitriles is 1. The van der Waals surface area contributed by atoms with Gasteiger partial charge in [-0.25, -0.2) is 0 Å². The zero-order valence-electron chi connectivity index (χ0n) is 13.4. The molecule has 3 heteroatoms. The number of hydrogen-bond acceptors (Lipinski definition) is 3. The molecule has 2 rings (SSSR count). The second kappa shape index (κ2) is 6.45. The van der Waals surface area contributed by atoms with Crippen molar-refractivity contribution in [3.63, 3.8) is 0 Å². The Balaban J connectivity index is 1.85. The lowest BCUT2D eigenvalue weighted by molar-refractivity contribution is -0.0194. The van der Waals surface area contributed by atoms with Crippen molar-refractivity contribution < 1.29 is 4.74 Å². The lowest BCUT2D eigenvalue weighted by Crippen LogP contribution is -2.51. The van der Waals surface area contributed by atoms with Crippen LogP contribution in [0.5, 0.6) is 0 Å². The van der Waals surface area contributed by atoms with Gasteiger partial charge >= 0.3 is 0 Å². The number of nitrogens with one attached hydrogen (secondary N) is 1. The summed E-state index contributed by atoms with van der Waals surface area (Å²) in [5.41, 5.74) is 0.0477. The van der Waals surface area contributed by atoms with E-state index in [1.54, 1.807) is 0 Å². The number of nitrogens with zero attached hydrogens (tertiary/aromatic N) is 1. The monoisotopic (exact) mass is 278 g/mol. The van der Waals surface area contributed by atoms with Gasteiger partial charge in [0.1, 0.15) is 5.54 Å². The minimum Gasteiger partial charge on any atom is -0.375 e. The van der Waals surface area contributed by atoms with Crippen molar-refractivity contribution in [2.75, 3.05) is 13.2 Å². The summed E-state index contributed by atoms with van der Waals surface area (Å²) in [7, 11) is 0. The molecule has 0 aromatic carbocycles. The first kappa shape index (κ1) is 15.8. The average molecular weight is 278 g/mol. The van der Waals surface area contributed by atoms with Crippen LogP contribution in [0.3, 0.4) is 0 Å². The van der Waals surface area contributed by atoms with E-state index in [1.165, 1.54) is 25.7 Å². The standard InChI is InChI=1S/C17H30N2O/c1-4-11-19-17(12-18,14-5-6-14)13-20-15-7-9-16(2,3)10-8-15/h14-15,19H,4-11,13H2,1-3H3. The molecule has 2 aliphatic rings. The molecule has 2 fully saturated rings. The lowest BCUT2D eigenvalue weighted by atomic mass is 9.76. The van der Waals surface area contributed by atoms with E-state index >= 15 is 0 Å². The van der Waals surface area contributed by atoms with E-state index in [0.29, 0.717) is 24.0 Å². The van der Waals surface area contributed by atoms with Gasteiger partial charge in [-0.3, -0.25) is 5.32 Å². The summed E-state index contributed by atoms with van der Waals surface area (Å²) >= 11 is 0. The molecular formula is C17H30N2O. The highest BCUT2D eigenvalue weighted by atomic mass is 16.5. The van der Waals surface area contributed by atoms with Crippen molar-refractivity contribution in [1.29, 1.82) is 5.26 Å². The summed E-state index contributed by atoms with van der Waals surface area (Å²) in [5, 5.41) is 13.1. The molecule has 0 heterocycles. The largest absolute Gasteiger partial charge is 0.375 e. The number of rotatable bonds is 7. The summed E-state index contributed by atoms with van der Waals surface area (Å²) in [6.45, 7) is 8.31. The van der Waals surface area contributed by atoms with Crippen LogP contribution in [0.4, 0.5) is 0 Å². The Morgan fingerprint density at radius 3 is 2.40 bits per heavy atom. The predicted octanol–water partition coefficient (Wildman–Crippen LogP) is 3.64. The van der Waals surface area contributed by atoms with Gasteiger partial charge in [-0.05, 0) is 62.8 Å². The molecule has 0 bridgehead atoms. The second-order valence-electron chi connectivity index (χ2n) is 7.46. The first-order valence-electron chi connectivity index (χ1n) is 8.29. The maximum atomic E-state index is 9.63. The van der Waals surface area contributed by atoms with Gasteiger partial charge in [0.2, 0.25) is 0 Å². The van der Waals surface area contributed by atoms with Gasteiger partial charge in [0.15, 0.2) is 0 Å². The third kappa shape index (κ3) is 3.96. The summed E-state index contributed by atoms with van der Waals surface area (Å²) in [4.78, 5) is 0. The molecular weight excluding hydrogens is 248 g/mol. The van der Waals surface area contributed by atoms with Crippen LogP contribution in [0.15, 0.2) is 0 Å². The van der Waals surface area contributed by atoms with Gasteiger partial charge in [0, 0.05) is 0 Å². The minimum atomic E-state index is -0.428. The fourth-order valence-electron chi connectivity index (χ4n) is 3.19. The highest BCUT2D eigenvalue weighted by molar-refractivity contribution is 5.15. The van der Waals surface area contributed by atoms with Crippen LogP contribution in [0.25, 0.3) is 0 Å². The molecule has 0 radical (unpaired) electrons. The first-order chi connectivity index (χ1) is 9.51. The topological polar surface area (TPSA) is 45.0 Å². The third-order valence-electron chi connectivity index (χ3n) is 5.00. The zero-order valence-corrected chi connectivity index (χ0v) is 13.4. The molecule has 0 saturated heterocycles. The zero-order chi connectivity index (χ0) is 14.6. The third-order valence-corrected chi connectivity index (χ3v) is 5.00. The summed E-state index contributed by atoms with van der Waals surface area (Å²) < 4.78 is 6.15. The van der Waals surface area contributed by atoms with Crippen molar-refractivity contribution in [1.82, 2.24) is 5.32 Å². The van der Waals surface area contributed by atoms with Crippen LogP contribution < -0.4 is 5.32 Å². The Morgan fingerprint density at radius 2 is 1.90 bits per heavy atom. The normalized spacial score (nSPS) is 25.9. The van der Waals surface area contributed by atoms with Crippen molar-refractivity contribution in [2.24, 2.45) is 11.3 Å². The van der Waals surface area contributed by atoms with Crippen molar-refractivity contribution in [3.8, 4) is 6.07 Å². The average Bonchev–Trinajstić information content (AvgIpc) is 3.26. The van der Waals surface area contributed by atoms with E-state index < -0.39 is 5.54 Å². The summed E-state index contributed by atoms with van der Waals surface area (Å²) in [6, 6.07) is 2.53. The second-order valence-corrected chi connectivity index (χ2v) is 7.46. The van der Waals surface area contributed by atoms with Gasteiger partial charge in [-0.15, -0.1) is 0 Å². The molecule has 0 aromatic heterocycles. The van der Waals surface area contributed by atoms with Crippen LogP contribution in [0.1, 0.15) is 65.7 Å². The molecule has 2 saturated carbocycles. The Hall–Kier alpha value is -0.590. The van der Waals surface area contributed by atoms with E-state index in [4.69, 9.17) is 4.74 Å². The Kier molecular flexibility index (Phi) is 5.09. The summed E-state index contributed by atoms with van der Waals surface area (Å²) in [5.74, 6) is 0.499. The first-order valence-corrected chi connectivity index (χ1v) is 8.29. The van der Waals surface area contributed by atoms with Crippen molar-refractivity contribution in [3.05, 3.63) is 0 Å². The molecule has 3 nitrogen and oxygen atoms in total. The molecule has 0 aliphatic heterocycles. The molecule has 2 aliphatic carbocycles.